The van der Waals surface area contributed by atoms with E-state index in [-0.39, 0.29) is 6.29 Å². The van der Waals surface area contributed by atoms with Crippen molar-refractivity contribution in [3.05, 3.63) is 70.8 Å². The highest BCUT2D eigenvalue weighted by atomic mass is 16.7. The van der Waals surface area contributed by atoms with Crippen LogP contribution in [-0.2, 0) is 22.7 Å². The number of aryl methyl sites for hydroxylation is 2. The van der Waals surface area contributed by atoms with E-state index in [2.05, 4.69) is 62.4 Å². The molecule has 2 aromatic carbocycles. The molecule has 0 aliphatic heterocycles. The van der Waals surface area contributed by atoms with E-state index in [4.69, 9.17) is 9.47 Å². The maximum Gasteiger partial charge on any atom is 0.155 e. The molecule has 2 aromatic rings. The van der Waals surface area contributed by atoms with E-state index in [0.717, 1.165) is 0 Å². The van der Waals surface area contributed by atoms with Crippen LogP contribution in [0.5, 0.6) is 0 Å². The lowest BCUT2D eigenvalue weighted by Crippen LogP contribution is -2.12. The molecule has 106 valence electrons. The first-order valence-corrected chi connectivity index (χ1v) is 6.98. The average Bonchev–Trinajstić information content (AvgIpc) is 2.46. The van der Waals surface area contributed by atoms with Crippen molar-refractivity contribution in [3.63, 3.8) is 0 Å². The Morgan fingerprint density at radius 3 is 1.40 bits per heavy atom. The minimum absolute atomic E-state index is 0.211. The van der Waals surface area contributed by atoms with Crippen LogP contribution < -0.4 is 0 Å². The minimum Gasteiger partial charge on any atom is -0.348 e. The Labute approximate surface area is 121 Å². The van der Waals surface area contributed by atoms with Gasteiger partial charge in [0.2, 0.25) is 0 Å². The molecule has 0 heterocycles. The zero-order chi connectivity index (χ0) is 14.4. The van der Waals surface area contributed by atoms with Crippen molar-refractivity contribution >= 4 is 0 Å². The highest BCUT2D eigenvalue weighted by Crippen LogP contribution is 2.09. The molecule has 0 aliphatic rings. The molecule has 0 aromatic heterocycles. The zero-order valence-electron chi connectivity index (χ0n) is 12.4. The van der Waals surface area contributed by atoms with Crippen molar-refractivity contribution in [2.75, 3.05) is 0 Å². The van der Waals surface area contributed by atoms with Gasteiger partial charge in [-0.05, 0) is 31.9 Å². The van der Waals surface area contributed by atoms with Gasteiger partial charge in [-0.15, -0.1) is 0 Å². The summed E-state index contributed by atoms with van der Waals surface area (Å²) in [7, 11) is 0. The number of benzene rings is 2. The van der Waals surface area contributed by atoms with Gasteiger partial charge in [0.25, 0.3) is 0 Å². The number of ether oxygens (including phenoxy) is 2. The number of rotatable bonds is 6. The Morgan fingerprint density at radius 2 is 1.05 bits per heavy atom. The van der Waals surface area contributed by atoms with E-state index >= 15 is 0 Å². The van der Waals surface area contributed by atoms with Crippen molar-refractivity contribution in [1.29, 1.82) is 0 Å². The predicted octanol–water partition coefficient (Wildman–Crippen LogP) is 4.38. The van der Waals surface area contributed by atoms with Crippen LogP contribution in [0.4, 0.5) is 0 Å². The van der Waals surface area contributed by atoms with Crippen molar-refractivity contribution in [3.8, 4) is 0 Å². The first-order valence-electron chi connectivity index (χ1n) is 6.98. The van der Waals surface area contributed by atoms with Gasteiger partial charge in [-0.25, -0.2) is 0 Å². The number of hydrogen-bond donors (Lipinski definition) is 0. The molecule has 2 rings (SSSR count). The van der Waals surface area contributed by atoms with Crippen LogP contribution in [0.25, 0.3) is 0 Å². The SMILES string of the molecule is Cc1ccc(COC(C)OCc2ccc(C)cc2)cc1. The van der Waals surface area contributed by atoms with Gasteiger partial charge in [0.1, 0.15) is 0 Å². The molecule has 0 spiro atoms. The van der Waals surface area contributed by atoms with E-state index in [9.17, 15) is 0 Å². The topological polar surface area (TPSA) is 18.5 Å². The minimum atomic E-state index is -0.211. The Morgan fingerprint density at radius 1 is 0.700 bits per heavy atom. The Balaban J connectivity index is 1.73. The molecule has 2 heteroatoms. The highest BCUT2D eigenvalue weighted by molar-refractivity contribution is 5.21. The van der Waals surface area contributed by atoms with Crippen LogP contribution >= 0.6 is 0 Å². The summed E-state index contributed by atoms with van der Waals surface area (Å²) in [6.07, 6.45) is -0.211. The van der Waals surface area contributed by atoms with Gasteiger partial charge in [-0.1, -0.05) is 59.7 Å². The molecule has 0 aliphatic carbocycles. The van der Waals surface area contributed by atoms with Gasteiger partial charge < -0.3 is 9.47 Å². The second-order valence-corrected chi connectivity index (χ2v) is 5.16. The summed E-state index contributed by atoms with van der Waals surface area (Å²) >= 11 is 0. The third-order valence-corrected chi connectivity index (χ3v) is 3.21. The standard InChI is InChI=1S/C18H22O2/c1-14-4-8-17(9-5-14)12-19-16(3)20-13-18-10-6-15(2)7-11-18/h4-11,16H,12-13H2,1-3H3. The lowest BCUT2D eigenvalue weighted by molar-refractivity contribution is -0.144. The molecule has 0 saturated heterocycles. The van der Waals surface area contributed by atoms with Crippen molar-refractivity contribution in [1.82, 2.24) is 0 Å². The normalized spacial score (nSPS) is 11.0. The Kier molecular flexibility index (Phi) is 5.33. The van der Waals surface area contributed by atoms with Crippen LogP contribution in [0.2, 0.25) is 0 Å². The smallest absolute Gasteiger partial charge is 0.155 e. The van der Waals surface area contributed by atoms with Crippen molar-refractivity contribution in [2.45, 2.75) is 40.3 Å². The first kappa shape index (κ1) is 14.8. The van der Waals surface area contributed by atoms with E-state index in [1.807, 2.05) is 6.92 Å². The molecular formula is C18H22O2. The van der Waals surface area contributed by atoms with Gasteiger partial charge >= 0.3 is 0 Å². The third kappa shape index (κ3) is 4.80. The summed E-state index contributed by atoms with van der Waals surface area (Å²) < 4.78 is 11.4. The molecule has 0 fully saturated rings. The summed E-state index contributed by atoms with van der Waals surface area (Å²) in [5, 5.41) is 0. The van der Waals surface area contributed by atoms with Crippen LogP contribution in [-0.4, -0.2) is 6.29 Å². The van der Waals surface area contributed by atoms with Crippen molar-refractivity contribution < 1.29 is 9.47 Å². The van der Waals surface area contributed by atoms with Gasteiger partial charge in [-0.3, -0.25) is 0 Å². The molecular weight excluding hydrogens is 248 g/mol. The van der Waals surface area contributed by atoms with Crippen LogP contribution in [0.1, 0.15) is 29.2 Å². The maximum atomic E-state index is 5.69. The molecule has 0 radical (unpaired) electrons. The Hall–Kier alpha value is -1.64. The quantitative estimate of drug-likeness (QED) is 0.725. The Bertz CT molecular complexity index is 465. The fraction of sp³-hybridized carbons (Fsp3) is 0.333. The largest absolute Gasteiger partial charge is 0.348 e. The molecule has 0 saturated carbocycles. The molecule has 0 atom stereocenters. The second kappa shape index (κ2) is 7.22. The first-order chi connectivity index (χ1) is 9.63. The molecule has 20 heavy (non-hydrogen) atoms. The summed E-state index contributed by atoms with van der Waals surface area (Å²) in [5.41, 5.74) is 4.86. The fourth-order valence-electron chi connectivity index (χ4n) is 1.84. The molecule has 2 nitrogen and oxygen atoms in total. The van der Waals surface area contributed by atoms with E-state index in [1.165, 1.54) is 22.3 Å². The lowest BCUT2D eigenvalue weighted by Gasteiger charge is -2.14. The molecule has 0 bridgehead atoms. The lowest BCUT2D eigenvalue weighted by atomic mass is 10.2. The van der Waals surface area contributed by atoms with E-state index in [0.29, 0.717) is 13.2 Å². The predicted molar refractivity (Wildman–Crippen MR) is 81.4 cm³/mol. The average molecular weight is 270 g/mol. The second-order valence-electron chi connectivity index (χ2n) is 5.16. The maximum absolute atomic E-state index is 5.69. The third-order valence-electron chi connectivity index (χ3n) is 3.21. The van der Waals surface area contributed by atoms with Crippen molar-refractivity contribution in [2.24, 2.45) is 0 Å². The monoisotopic (exact) mass is 270 g/mol. The van der Waals surface area contributed by atoms with Gasteiger partial charge in [0.05, 0.1) is 13.2 Å². The fourth-order valence-corrected chi connectivity index (χ4v) is 1.84. The summed E-state index contributed by atoms with van der Waals surface area (Å²) in [6.45, 7) is 7.25. The summed E-state index contributed by atoms with van der Waals surface area (Å²) in [5.74, 6) is 0. The van der Waals surface area contributed by atoms with Crippen LogP contribution in [0, 0.1) is 13.8 Å². The van der Waals surface area contributed by atoms with Crippen LogP contribution in [0.15, 0.2) is 48.5 Å². The number of hydrogen-bond acceptors (Lipinski definition) is 2. The summed E-state index contributed by atoms with van der Waals surface area (Å²) in [6, 6.07) is 16.7. The van der Waals surface area contributed by atoms with Gasteiger partial charge in [0, 0.05) is 0 Å². The molecule has 0 unspecified atom stereocenters. The zero-order valence-corrected chi connectivity index (χ0v) is 12.4. The van der Waals surface area contributed by atoms with Gasteiger partial charge in [0.15, 0.2) is 6.29 Å². The highest BCUT2D eigenvalue weighted by Gasteiger charge is 2.03. The summed E-state index contributed by atoms with van der Waals surface area (Å²) in [4.78, 5) is 0. The van der Waals surface area contributed by atoms with E-state index in [1.54, 1.807) is 0 Å². The van der Waals surface area contributed by atoms with E-state index < -0.39 is 0 Å². The van der Waals surface area contributed by atoms with Gasteiger partial charge in [-0.2, -0.15) is 0 Å². The molecule has 0 N–H and O–H groups in total. The van der Waals surface area contributed by atoms with Crippen LogP contribution in [0.3, 0.4) is 0 Å². The molecule has 0 amide bonds.